The van der Waals surface area contributed by atoms with Crippen LogP contribution in [-0.2, 0) is 32.3 Å². The number of aryl methyl sites for hydroxylation is 2. The Bertz CT molecular complexity index is 856. The molecule has 2 aromatic rings. The van der Waals surface area contributed by atoms with Crippen molar-refractivity contribution in [3.63, 3.8) is 0 Å². The fourth-order valence-corrected chi connectivity index (χ4v) is 3.34. The van der Waals surface area contributed by atoms with Crippen LogP contribution in [0, 0.1) is 13.8 Å². The lowest BCUT2D eigenvalue weighted by atomic mass is 9.87. The molecular formula is C24H30O6. The summed E-state index contributed by atoms with van der Waals surface area (Å²) in [4.78, 5) is 23.0. The van der Waals surface area contributed by atoms with E-state index in [-0.39, 0.29) is 55.4 Å². The van der Waals surface area contributed by atoms with E-state index < -0.39 is 0 Å². The van der Waals surface area contributed by atoms with E-state index in [1.807, 2.05) is 32.9 Å². The van der Waals surface area contributed by atoms with Gasteiger partial charge in [-0.2, -0.15) is 0 Å². The van der Waals surface area contributed by atoms with Crippen molar-refractivity contribution in [2.45, 2.75) is 66.6 Å². The largest absolute Gasteiger partial charge is 0.507 e. The van der Waals surface area contributed by atoms with Gasteiger partial charge in [-0.25, -0.2) is 0 Å². The molecule has 0 saturated carbocycles. The Labute approximate surface area is 177 Å². The van der Waals surface area contributed by atoms with Crippen molar-refractivity contribution >= 4 is 11.9 Å². The summed E-state index contributed by atoms with van der Waals surface area (Å²) < 4.78 is 10.4. The normalized spacial score (nSPS) is 10.9. The summed E-state index contributed by atoms with van der Waals surface area (Å²) in [6.07, 6.45) is 0.525. The number of carbonyl (C=O) groups is 2. The topological polar surface area (TPSA) is 93.1 Å². The van der Waals surface area contributed by atoms with Gasteiger partial charge in [-0.3, -0.25) is 9.59 Å². The lowest BCUT2D eigenvalue weighted by Gasteiger charge is -2.20. The van der Waals surface area contributed by atoms with Crippen LogP contribution in [-0.4, -0.2) is 22.2 Å². The predicted octanol–water partition coefficient (Wildman–Crippen LogP) is 4.77. The van der Waals surface area contributed by atoms with Gasteiger partial charge in [-0.15, -0.1) is 0 Å². The molecule has 0 radical (unpaired) electrons. The smallest absolute Gasteiger partial charge is 0.305 e. The highest BCUT2D eigenvalue weighted by molar-refractivity contribution is 5.69. The number of hydrogen-bond acceptors (Lipinski definition) is 6. The molecule has 2 N–H and O–H groups in total. The Morgan fingerprint density at radius 1 is 0.800 bits per heavy atom. The summed E-state index contributed by atoms with van der Waals surface area (Å²) in [5, 5.41) is 21.7. The summed E-state index contributed by atoms with van der Waals surface area (Å²) in [5.41, 5.74) is 4.08. The number of phenols is 2. The van der Waals surface area contributed by atoms with E-state index in [2.05, 4.69) is 0 Å². The van der Waals surface area contributed by atoms with Crippen LogP contribution in [0.25, 0.3) is 0 Å². The SMILES string of the molecule is CCC(=O)OCc1cc(C)cc(C(C)c2cc(C)cc(COC(=O)CC)c2O)c1O. The van der Waals surface area contributed by atoms with E-state index in [4.69, 9.17) is 9.47 Å². The van der Waals surface area contributed by atoms with Gasteiger partial charge in [0.15, 0.2) is 0 Å². The first kappa shape index (κ1) is 23.3. The molecule has 2 aromatic carbocycles. The van der Waals surface area contributed by atoms with E-state index in [0.717, 1.165) is 11.1 Å². The molecule has 0 aliphatic carbocycles. The van der Waals surface area contributed by atoms with Gasteiger partial charge in [0.2, 0.25) is 0 Å². The highest BCUT2D eigenvalue weighted by Gasteiger charge is 2.22. The maximum Gasteiger partial charge on any atom is 0.305 e. The van der Waals surface area contributed by atoms with Gasteiger partial charge >= 0.3 is 11.9 Å². The van der Waals surface area contributed by atoms with E-state index in [1.54, 1.807) is 26.0 Å². The first-order chi connectivity index (χ1) is 14.2. The van der Waals surface area contributed by atoms with Crippen molar-refractivity contribution < 1.29 is 29.3 Å². The summed E-state index contributed by atoms with van der Waals surface area (Å²) >= 11 is 0. The van der Waals surface area contributed by atoms with Crippen molar-refractivity contribution in [2.24, 2.45) is 0 Å². The van der Waals surface area contributed by atoms with E-state index in [0.29, 0.717) is 22.3 Å². The second-order valence-corrected chi connectivity index (χ2v) is 7.47. The summed E-state index contributed by atoms with van der Waals surface area (Å²) in [6.45, 7) is 9.06. The highest BCUT2D eigenvalue weighted by atomic mass is 16.5. The summed E-state index contributed by atoms with van der Waals surface area (Å²) in [7, 11) is 0. The highest BCUT2D eigenvalue weighted by Crippen LogP contribution is 2.40. The Kier molecular flexibility index (Phi) is 7.86. The zero-order valence-corrected chi connectivity index (χ0v) is 18.2. The van der Waals surface area contributed by atoms with Crippen molar-refractivity contribution in [2.75, 3.05) is 0 Å². The van der Waals surface area contributed by atoms with Crippen molar-refractivity contribution in [3.8, 4) is 11.5 Å². The molecule has 0 fully saturated rings. The third kappa shape index (κ3) is 5.53. The first-order valence-electron chi connectivity index (χ1n) is 10.1. The third-order valence-corrected chi connectivity index (χ3v) is 5.01. The van der Waals surface area contributed by atoms with Crippen LogP contribution in [0.3, 0.4) is 0 Å². The molecule has 6 nitrogen and oxygen atoms in total. The maximum absolute atomic E-state index is 11.5. The zero-order valence-electron chi connectivity index (χ0n) is 18.2. The van der Waals surface area contributed by atoms with Crippen LogP contribution < -0.4 is 0 Å². The number of carbonyl (C=O) groups excluding carboxylic acids is 2. The minimum absolute atomic E-state index is 0.0159. The van der Waals surface area contributed by atoms with Crippen LogP contribution in [0.2, 0.25) is 0 Å². The maximum atomic E-state index is 11.5. The van der Waals surface area contributed by atoms with Gasteiger partial charge in [0.25, 0.3) is 0 Å². The first-order valence-corrected chi connectivity index (χ1v) is 10.1. The molecule has 0 aromatic heterocycles. The van der Waals surface area contributed by atoms with Crippen LogP contribution in [0.4, 0.5) is 0 Å². The minimum Gasteiger partial charge on any atom is -0.507 e. The van der Waals surface area contributed by atoms with Gasteiger partial charge in [0, 0.05) is 41.0 Å². The number of ether oxygens (including phenoxy) is 2. The third-order valence-electron chi connectivity index (χ3n) is 5.01. The number of benzene rings is 2. The van der Waals surface area contributed by atoms with Crippen LogP contribution in [0.1, 0.15) is 72.9 Å². The van der Waals surface area contributed by atoms with E-state index in [9.17, 15) is 19.8 Å². The quantitative estimate of drug-likeness (QED) is 0.604. The number of rotatable bonds is 8. The number of hydrogen-bond donors (Lipinski definition) is 2. The second-order valence-electron chi connectivity index (χ2n) is 7.47. The molecule has 0 aliphatic heterocycles. The molecule has 0 saturated heterocycles. The Morgan fingerprint density at radius 3 is 1.50 bits per heavy atom. The van der Waals surface area contributed by atoms with Gasteiger partial charge < -0.3 is 19.7 Å². The standard InChI is InChI=1S/C24H30O6/c1-6-21(25)29-12-17-8-14(3)10-19(23(17)27)16(5)20-11-15(4)9-18(24(20)28)13-30-22(26)7-2/h8-11,16,27-28H,6-7,12-13H2,1-5H3. The molecule has 30 heavy (non-hydrogen) atoms. The molecule has 2 rings (SSSR count). The molecule has 0 spiro atoms. The second kappa shape index (κ2) is 10.1. The van der Waals surface area contributed by atoms with Crippen molar-refractivity contribution in [3.05, 3.63) is 57.6 Å². The van der Waals surface area contributed by atoms with E-state index >= 15 is 0 Å². The lowest BCUT2D eigenvalue weighted by Crippen LogP contribution is -2.07. The van der Waals surface area contributed by atoms with Crippen LogP contribution in [0.5, 0.6) is 11.5 Å². The average Bonchev–Trinajstić information content (AvgIpc) is 2.73. The molecule has 0 heterocycles. The minimum atomic E-state index is -0.342. The molecule has 0 bridgehead atoms. The molecular weight excluding hydrogens is 384 g/mol. The van der Waals surface area contributed by atoms with Crippen LogP contribution in [0.15, 0.2) is 24.3 Å². The van der Waals surface area contributed by atoms with E-state index in [1.165, 1.54) is 0 Å². The number of aromatic hydroxyl groups is 2. The van der Waals surface area contributed by atoms with Gasteiger partial charge in [-0.1, -0.05) is 44.0 Å². The molecule has 6 heteroatoms. The Balaban J connectivity index is 2.41. The summed E-state index contributed by atoms with van der Waals surface area (Å²) in [5.74, 6) is -0.944. The van der Waals surface area contributed by atoms with Gasteiger partial charge in [0.1, 0.15) is 24.7 Å². The Morgan fingerprint density at radius 2 is 1.17 bits per heavy atom. The van der Waals surface area contributed by atoms with Crippen molar-refractivity contribution in [1.29, 1.82) is 0 Å². The molecule has 0 aliphatic rings. The van der Waals surface area contributed by atoms with Crippen molar-refractivity contribution in [1.82, 2.24) is 0 Å². The van der Waals surface area contributed by atoms with Gasteiger partial charge in [0.05, 0.1) is 0 Å². The fraction of sp³-hybridized carbons (Fsp3) is 0.417. The predicted molar refractivity (Wildman–Crippen MR) is 113 cm³/mol. The monoisotopic (exact) mass is 414 g/mol. The fourth-order valence-electron chi connectivity index (χ4n) is 3.34. The summed E-state index contributed by atoms with van der Waals surface area (Å²) in [6, 6.07) is 7.26. The molecule has 0 unspecified atom stereocenters. The lowest BCUT2D eigenvalue weighted by molar-refractivity contribution is -0.145. The number of phenolic OH excluding ortho intramolecular Hbond substituents is 2. The zero-order chi connectivity index (χ0) is 22.4. The van der Waals surface area contributed by atoms with Crippen LogP contribution >= 0.6 is 0 Å². The molecule has 0 atom stereocenters. The number of esters is 2. The molecule has 0 amide bonds. The Hall–Kier alpha value is -3.02. The average molecular weight is 414 g/mol. The van der Waals surface area contributed by atoms with Gasteiger partial charge in [-0.05, 0) is 26.0 Å². The molecule has 162 valence electrons.